The van der Waals surface area contributed by atoms with E-state index < -0.39 is 0 Å². The molecule has 0 saturated heterocycles. The van der Waals surface area contributed by atoms with Gasteiger partial charge in [-0.25, -0.2) is 0 Å². The second kappa shape index (κ2) is 12.1. The van der Waals surface area contributed by atoms with Crippen molar-refractivity contribution in [3.63, 3.8) is 0 Å². The summed E-state index contributed by atoms with van der Waals surface area (Å²) in [6, 6.07) is 63.7. The Balaban J connectivity index is 1.17. The van der Waals surface area contributed by atoms with E-state index in [1.165, 1.54) is 60.4 Å². The predicted octanol–water partition coefficient (Wildman–Crippen LogP) is 12.8. The number of para-hydroxylation sites is 4. The van der Waals surface area contributed by atoms with Crippen LogP contribution in [0.3, 0.4) is 0 Å². The summed E-state index contributed by atoms with van der Waals surface area (Å²) >= 11 is 0. The molecule has 1 atom stereocenters. The molecule has 0 saturated carbocycles. The molecule has 3 heteroatoms. The molecule has 51 heavy (non-hydrogen) atoms. The summed E-state index contributed by atoms with van der Waals surface area (Å²) in [6.07, 6.45) is 8.04. The van der Waals surface area contributed by atoms with Crippen LogP contribution in [0.2, 0.25) is 0 Å². The fourth-order valence-electron chi connectivity index (χ4n) is 8.19. The van der Waals surface area contributed by atoms with Gasteiger partial charge in [0.15, 0.2) is 0 Å². The van der Waals surface area contributed by atoms with Crippen LogP contribution in [0.4, 0.5) is 11.4 Å². The molecular formula is C48H35N3. The molecule has 0 bridgehead atoms. The molecule has 2 aromatic heterocycles. The van der Waals surface area contributed by atoms with Gasteiger partial charge in [0.25, 0.3) is 0 Å². The number of aromatic nitrogens is 2. The van der Waals surface area contributed by atoms with Gasteiger partial charge in [-0.3, -0.25) is 0 Å². The van der Waals surface area contributed by atoms with E-state index in [0.29, 0.717) is 0 Å². The fourth-order valence-corrected chi connectivity index (χ4v) is 8.19. The van der Waals surface area contributed by atoms with Crippen molar-refractivity contribution in [1.29, 1.82) is 0 Å². The Hall–Kier alpha value is -6.58. The SMILES string of the molecule is C1=CC(n2c3ccccc3c3ccccc32)CC=C1N(c1cccc(-c2ccccc2)c1)c1cccc2c1c1ccccc1n2-c1ccccc1. The molecular weight excluding hydrogens is 619 g/mol. The Morgan fingerprint density at radius 3 is 1.78 bits per heavy atom. The molecule has 3 nitrogen and oxygen atoms in total. The third-order valence-electron chi connectivity index (χ3n) is 10.4. The Bertz CT molecular complexity index is 2730. The molecule has 0 amide bonds. The average Bonchev–Trinajstić information content (AvgIpc) is 3.73. The molecule has 7 aromatic carbocycles. The van der Waals surface area contributed by atoms with Crippen molar-refractivity contribution in [1.82, 2.24) is 9.13 Å². The topological polar surface area (TPSA) is 13.1 Å². The summed E-state index contributed by atoms with van der Waals surface area (Å²) in [7, 11) is 0. The van der Waals surface area contributed by atoms with E-state index >= 15 is 0 Å². The first-order valence-electron chi connectivity index (χ1n) is 17.7. The number of fused-ring (bicyclic) bond motifs is 6. The molecule has 242 valence electrons. The van der Waals surface area contributed by atoms with Crippen LogP contribution in [0.15, 0.2) is 200 Å². The smallest absolute Gasteiger partial charge is 0.0562 e. The number of allylic oxidation sites excluding steroid dienone is 3. The van der Waals surface area contributed by atoms with Crippen LogP contribution >= 0.6 is 0 Å². The standard InChI is InChI=1S/C48H35N3/c1-3-15-34(16-4-1)35-17-13-20-39(33-35)49(37-29-31-38(32-30-37)50-43-24-10-7-21-40(43)41-22-8-11-25-44(41)50)46-27-14-28-47-48(46)42-23-9-12-26-45(42)51(47)36-18-5-2-6-19-36/h1-31,33,38H,32H2. The molecule has 10 rings (SSSR count). The number of benzene rings is 7. The number of anilines is 2. The maximum absolute atomic E-state index is 2.52. The lowest BCUT2D eigenvalue weighted by atomic mass is 10.0. The van der Waals surface area contributed by atoms with Crippen molar-refractivity contribution >= 4 is 55.0 Å². The lowest BCUT2D eigenvalue weighted by Crippen LogP contribution is -2.19. The Morgan fingerprint density at radius 1 is 0.490 bits per heavy atom. The van der Waals surface area contributed by atoms with Gasteiger partial charge in [0, 0.05) is 49.7 Å². The molecule has 0 aliphatic heterocycles. The van der Waals surface area contributed by atoms with Crippen LogP contribution < -0.4 is 4.90 Å². The third-order valence-corrected chi connectivity index (χ3v) is 10.4. The van der Waals surface area contributed by atoms with Gasteiger partial charge in [-0.1, -0.05) is 133 Å². The number of hydrogen-bond acceptors (Lipinski definition) is 1. The third kappa shape index (κ3) is 4.81. The number of hydrogen-bond donors (Lipinski definition) is 0. The van der Waals surface area contributed by atoms with Crippen molar-refractivity contribution in [3.05, 3.63) is 200 Å². The molecule has 2 heterocycles. The highest BCUT2D eigenvalue weighted by atomic mass is 15.2. The van der Waals surface area contributed by atoms with Gasteiger partial charge in [0.05, 0.1) is 22.8 Å². The van der Waals surface area contributed by atoms with E-state index in [1.54, 1.807) is 0 Å². The van der Waals surface area contributed by atoms with E-state index in [0.717, 1.165) is 23.5 Å². The molecule has 9 aromatic rings. The zero-order chi connectivity index (χ0) is 33.7. The monoisotopic (exact) mass is 653 g/mol. The van der Waals surface area contributed by atoms with Crippen LogP contribution in [-0.2, 0) is 0 Å². The molecule has 0 radical (unpaired) electrons. The van der Waals surface area contributed by atoms with E-state index in [2.05, 4.69) is 208 Å². The van der Waals surface area contributed by atoms with E-state index in [4.69, 9.17) is 0 Å². The molecule has 1 aliphatic rings. The molecule has 1 aliphatic carbocycles. The lowest BCUT2D eigenvalue weighted by Gasteiger charge is -2.30. The minimum atomic E-state index is 0.201. The highest BCUT2D eigenvalue weighted by Crippen LogP contribution is 2.44. The van der Waals surface area contributed by atoms with E-state index in [-0.39, 0.29) is 6.04 Å². The first kappa shape index (κ1) is 29.3. The summed E-state index contributed by atoms with van der Waals surface area (Å²) in [6.45, 7) is 0. The lowest BCUT2D eigenvalue weighted by molar-refractivity contribution is 0.643. The number of rotatable bonds is 6. The van der Waals surface area contributed by atoms with Crippen molar-refractivity contribution in [3.8, 4) is 16.8 Å². The maximum Gasteiger partial charge on any atom is 0.0562 e. The average molecular weight is 654 g/mol. The van der Waals surface area contributed by atoms with Crippen molar-refractivity contribution in [2.75, 3.05) is 4.90 Å². The second-order valence-electron chi connectivity index (χ2n) is 13.3. The fraction of sp³-hybridized carbons (Fsp3) is 0.0417. The normalized spacial score (nSPS) is 14.4. The minimum absolute atomic E-state index is 0.201. The van der Waals surface area contributed by atoms with Gasteiger partial charge in [0.1, 0.15) is 0 Å². The molecule has 1 unspecified atom stereocenters. The van der Waals surface area contributed by atoms with Gasteiger partial charge in [-0.05, 0) is 78.2 Å². The summed E-state index contributed by atoms with van der Waals surface area (Å²) in [5, 5.41) is 5.08. The Labute approximate surface area is 297 Å². The highest BCUT2D eigenvalue weighted by molar-refractivity contribution is 6.16. The van der Waals surface area contributed by atoms with Crippen LogP contribution in [0.1, 0.15) is 12.5 Å². The summed E-state index contributed by atoms with van der Waals surface area (Å²) in [4.78, 5) is 2.47. The maximum atomic E-state index is 2.52. The van der Waals surface area contributed by atoms with Gasteiger partial charge in [-0.2, -0.15) is 0 Å². The zero-order valence-electron chi connectivity index (χ0n) is 28.1. The van der Waals surface area contributed by atoms with Gasteiger partial charge < -0.3 is 14.0 Å². The van der Waals surface area contributed by atoms with E-state index in [9.17, 15) is 0 Å². The zero-order valence-corrected chi connectivity index (χ0v) is 28.1. The van der Waals surface area contributed by atoms with Crippen LogP contribution in [0.5, 0.6) is 0 Å². The van der Waals surface area contributed by atoms with Gasteiger partial charge in [0.2, 0.25) is 0 Å². The van der Waals surface area contributed by atoms with Crippen LogP contribution in [0, 0.1) is 0 Å². The van der Waals surface area contributed by atoms with E-state index in [1.807, 2.05) is 0 Å². The van der Waals surface area contributed by atoms with Crippen molar-refractivity contribution < 1.29 is 0 Å². The predicted molar refractivity (Wildman–Crippen MR) is 215 cm³/mol. The summed E-state index contributed by atoms with van der Waals surface area (Å²) < 4.78 is 4.92. The highest BCUT2D eigenvalue weighted by Gasteiger charge is 2.24. The molecule has 0 spiro atoms. The van der Waals surface area contributed by atoms with Crippen molar-refractivity contribution in [2.45, 2.75) is 12.5 Å². The molecule has 0 N–H and O–H groups in total. The Morgan fingerprint density at radius 2 is 1.08 bits per heavy atom. The Kier molecular flexibility index (Phi) is 6.95. The minimum Gasteiger partial charge on any atom is -0.333 e. The first-order valence-corrected chi connectivity index (χ1v) is 17.7. The van der Waals surface area contributed by atoms with Gasteiger partial charge >= 0.3 is 0 Å². The number of nitrogens with zero attached hydrogens (tertiary/aromatic N) is 3. The first-order chi connectivity index (χ1) is 25.3. The van der Waals surface area contributed by atoms with Crippen molar-refractivity contribution in [2.24, 2.45) is 0 Å². The quantitative estimate of drug-likeness (QED) is 0.174. The van der Waals surface area contributed by atoms with Gasteiger partial charge in [-0.15, -0.1) is 0 Å². The summed E-state index contributed by atoms with van der Waals surface area (Å²) in [5.74, 6) is 0. The summed E-state index contributed by atoms with van der Waals surface area (Å²) in [5.41, 5.74) is 12.0. The second-order valence-corrected chi connectivity index (χ2v) is 13.3. The largest absolute Gasteiger partial charge is 0.333 e. The van der Waals surface area contributed by atoms with Crippen LogP contribution in [0.25, 0.3) is 60.4 Å². The molecule has 0 fully saturated rings. The van der Waals surface area contributed by atoms with Crippen LogP contribution in [-0.4, -0.2) is 9.13 Å².